The summed E-state index contributed by atoms with van der Waals surface area (Å²) in [7, 11) is 0. The topological polar surface area (TPSA) is 41.9 Å². The highest BCUT2D eigenvalue weighted by atomic mass is 35.5. The average Bonchev–Trinajstić information content (AvgIpc) is 2.92. The molecular weight excluding hydrogens is 364 g/mol. The van der Waals surface area contributed by atoms with Crippen molar-refractivity contribution in [1.82, 2.24) is 9.78 Å². The molecule has 2 aromatic carbocycles. The van der Waals surface area contributed by atoms with Crippen LogP contribution in [0.1, 0.15) is 22.4 Å². The van der Waals surface area contributed by atoms with Gasteiger partial charge < -0.3 is 10.6 Å². The third kappa shape index (κ3) is 4.62. The molecule has 0 amide bonds. The maximum atomic E-state index is 5.94. The van der Waals surface area contributed by atoms with Crippen LogP contribution in [0.5, 0.6) is 0 Å². The minimum absolute atomic E-state index is 0.523. The Morgan fingerprint density at radius 1 is 1.04 bits per heavy atom. The van der Waals surface area contributed by atoms with Crippen LogP contribution in [-0.2, 0) is 6.54 Å². The van der Waals surface area contributed by atoms with Gasteiger partial charge in [-0.15, -0.1) is 0 Å². The van der Waals surface area contributed by atoms with Gasteiger partial charge in [-0.2, -0.15) is 5.10 Å². The molecule has 0 saturated carbocycles. The molecule has 3 rings (SSSR count). The number of hydrogen-bond donors (Lipinski definition) is 2. The summed E-state index contributed by atoms with van der Waals surface area (Å²) in [6, 6.07) is 16.0. The summed E-state index contributed by atoms with van der Waals surface area (Å²) in [6.07, 6.45) is 0. The normalized spacial score (nSPS) is 10.6. The molecule has 0 saturated heterocycles. The molecule has 0 radical (unpaired) electrons. The number of anilines is 2. The Balaban J connectivity index is 1.67. The Morgan fingerprint density at radius 3 is 2.50 bits per heavy atom. The summed E-state index contributed by atoms with van der Waals surface area (Å²) in [5.74, 6) is 0.722. The number of aryl methyl sites for hydroxylation is 3. The Kier molecular flexibility index (Phi) is 5.59. The molecule has 0 unspecified atom stereocenters. The van der Waals surface area contributed by atoms with Gasteiger partial charge in [0.1, 0.15) is 0 Å². The monoisotopic (exact) mass is 384 g/mol. The van der Waals surface area contributed by atoms with E-state index < -0.39 is 0 Å². The lowest BCUT2D eigenvalue weighted by Crippen LogP contribution is -2.20. The maximum absolute atomic E-state index is 5.94. The first kappa shape index (κ1) is 18.4. The van der Waals surface area contributed by atoms with Crippen LogP contribution < -0.4 is 10.6 Å². The molecule has 3 aromatic rings. The second kappa shape index (κ2) is 7.89. The summed E-state index contributed by atoms with van der Waals surface area (Å²) < 4.78 is 1.94. The third-order valence-electron chi connectivity index (χ3n) is 4.11. The minimum atomic E-state index is 0.523. The van der Waals surface area contributed by atoms with Crippen LogP contribution in [-0.4, -0.2) is 14.9 Å². The summed E-state index contributed by atoms with van der Waals surface area (Å²) in [4.78, 5) is 0. The van der Waals surface area contributed by atoms with E-state index in [9.17, 15) is 0 Å². The van der Waals surface area contributed by atoms with Gasteiger partial charge in [0.15, 0.2) is 10.9 Å². The molecule has 0 bridgehead atoms. The quantitative estimate of drug-likeness (QED) is 0.597. The van der Waals surface area contributed by atoms with Crippen molar-refractivity contribution < 1.29 is 0 Å². The van der Waals surface area contributed by atoms with E-state index in [2.05, 4.69) is 47.8 Å². The number of nitrogens with one attached hydrogen (secondary N) is 2. The van der Waals surface area contributed by atoms with Gasteiger partial charge in [0.05, 0.1) is 6.54 Å². The standard InChI is InChI=1S/C20H21ClN4S/c1-13-4-5-14(2)18(10-13)22-20(26)23-19-11-15(3)25(24-19)12-16-6-8-17(21)9-7-16/h4-11H,12H2,1-3H3,(H2,22,23,24,26). The Bertz CT molecular complexity index is 931. The van der Waals surface area contributed by atoms with Gasteiger partial charge in [-0.1, -0.05) is 35.9 Å². The van der Waals surface area contributed by atoms with Gasteiger partial charge in [-0.3, -0.25) is 4.68 Å². The summed E-state index contributed by atoms with van der Waals surface area (Å²) >= 11 is 11.4. The summed E-state index contributed by atoms with van der Waals surface area (Å²) in [6.45, 7) is 6.81. The molecule has 0 aliphatic carbocycles. The minimum Gasteiger partial charge on any atom is -0.332 e. The lowest BCUT2D eigenvalue weighted by atomic mass is 10.1. The lowest BCUT2D eigenvalue weighted by Gasteiger charge is -2.11. The van der Waals surface area contributed by atoms with Gasteiger partial charge in [-0.25, -0.2) is 0 Å². The van der Waals surface area contributed by atoms with E-state index in [-0.39, 0.29) is 0 Å². The molecule has 4 nitrogen and oxygen atoms in total. The van der Waals surface area contributed by atoms with Crippen LogP contribution in [0.3, 0.4) is 0 Å². The predicted octanol–water partition coefficient (Wildman–Crippen LogP) is 5.32. The maximum Gasteiger partial charge on any atom is 0.176 e. The third-order valence-corrected chi connectivity index (χ3v) is 4.57. The highest BCUT2D eigenvalue weighted by molar-refractivity contribution is 7.80. The van der Waals surface area contributed by atoms with E-state index in [4.69, 9.17) is 23.8 Å². The van der Waals surface area contributed by atoms with Gasteiger partial charge in [0.25, 0.3) is 0 Å². The van der Waals surface area contributed by atoms with Crippen molar-refractivity contribution in [3.8, 4) is 0 Å². The Labute approximate surface area is 164 Å². The van der Waals surface area contributed by atoms with Crippen LogP contribution in [0, 0.1) is 20.8 Å². The smallest absolute Gasteiger partial charge is 0.176 e. The second-order valence-electron chi connectivity index (χ2n) is 6.35. The van der Waals surface area contributed by atoms with E-state index in [1.807, 2.05) is 41.9 Å². The van der Waals surface area contributed by atoms with E-state index in [1.54, 1.807) is 0 Å². The zero-order valence-electron chi connectivity index (χ0n) is 15.0. The van der Waals surface area contributed by atoms with E-state index >= 15 is 0 Å². The van der Waals surface area contributed by atoms with Crippen molar-refractivity contribution in [2.24, 2.45) is 0 Å². The van der Waals surface area contributed by atoms with Crippen LogP contribution in [0.25, 0.3) is 0 Å². The van der Waals surface area contributed by atoms with E-state index in [0.29, 0.717) is 11.7 Å². The fourth-order valence-electron chi connectivity index (χ4n) is 2.63. The fourth-order valence-corrected chi connectivity index (χ4v) is 2.97. The number of rotatable bonds is 4. The van der Waals surface area contributed by atoms with Crippen molar-refractivity contribution in [3.63, 3.8) is 0 Å². The molecular formula is C20H21ClN4S. The fraction of sp³-hybridized carbons (Fsp3) is 0.200. The molecule has 26 heavy (non-hydrogen) atoms. The van der Waals surface area contributed by atoms with Gasteiger partial charge in [0, 0.05) is 22.5 Å². The molecule has 0 aliphatic rings. The summed E-state index contributed by atoms with van der Waals surface area (Å²) in [5, 5.41) is 12.3. The molecule has 0 atom stereocenters. The SMILES string of the molecule is Cc1ccc(C)c(NC(=S)Nc2cc(C)n(Cc3ccc(Cl)cc3)n2)c1. The summed E-state index contributed by atoms with van der Waals surface area (Å²) in [5.41, 5.74) is 5.52. The molecule has 0 aliphatic heterocycles. The molecule has 134 valence electrons. The van der Waals surface area contributed by atoms with Crippen molar-refractivity contribution in [2.75, 3.05) is 10.6 Å². The van der Waals surface area contributed by atoms with Crippen molar-refractivity contribution >= 4 is 40.4 Å². The Morgan fingerprint density at radius 2 is 1.77 bits per heavy atom. The van der Waals surface area contributed by atoms with Crippen LogP contribution in [0.15, 0.2) is 48.5 Å². The number of nitrogens with zero attached hydrogens (tertiary/aromatic N) is 2. The first-order valence-corrected chi connectivity index (χ1v) is 9.13. The molecule has 0 spiro atoms. The lowest BCUT2D eigenvalue weighted by molar-refractivity contribution is 0.668. The molecule has 0 fully saturated rings. The van der Waals surface area contributed by atoms with Gasteiger partial charge in [-0.05, 0) is 67.9 Å². The predicted molar refractivity (Wildman–Crippen MR) is 113 cm³/mol. The number of thiocarbonyl (C=S) groups is 1. The van der Waals surface area contributed by atoms with E-state index in [1.165, 1.54) is 5.56 Å². The number of halogens is 1. The zero-order valence-corrected chi connectivity index (χ0v) is 16.6. The van der Waals surface area contributed by atoms with Crippen molar-refractivity contribution in [1.29, 1.82) is 0 Å². The zero-order chi connectivity index (χ0) is 18.7. The van der Waals surface area contributed by atoms with Crippen molar-refractivity contribution in [2.45, 2.75) is 27.3 Å². The number of hydrogen-bond acceptors (Lipinski definition) is 2. The largest absolute Gasteiger partial charge is 0.332 e. The van der Waals surface area contributed by atoms with Crippen LogP contribution in [0.2, 0.25) is 5.02 Å². The van der Waals surface area contributed by atoms with Gasteiger partial charge in [0.2, 0.25) is 0 Å². The number of benzene rings is 2. The second-order valence-corrected chi connectivity index (χ2v) is 7.20. The molecule has 1 aromatic heterocycles. The molecule has 2 N–H and O–H groups in total. The average molecular weight is 385 g/mol. The van der Waals surface area contributed by atoms with Crippen molar-refractivity contribution in [3.05, 3.63) is 75.9 Å². The van der Waals surface area contributed by atoms with Crippen LogP contribution in [0.4, 0.5) is 11.5 Å². The highest BCUT2D eigenvalue weighted by Crippen LogP contribution is 2.18. The van der Waals surface area contributed by atoms with Crippen LogP contribution >= 0.6 is 23.8 Å². The van der Waals surface area contributed by atoms with Gasteiger partial charge >= 0.3 is 0 Å². The van der Waals surface area contributed by atoms with E-state index in [0.717, 1.165) is 33.3 Å². The molecule has 1 heterocycles. The highest BCUT2D eigenvalue weighted by Gasteiger charge is 2.08. The number of aromatic nitrogens is 2. The first-order chi connectivity index (χ1) is 12.4. The molecule has 6 heteroatoms. The Hall–Kier alpha value is -2.37. The first-order valence-electron chi connectivity index (χ1n) is 8.35.